The summed E-state index contributed by atoms with van der Waals surface area (Å²) >= 11 is 1.15. The Balaban J connectivity index is 2.02. The van der Waals surface area contributed by atoms with Crippen molar-refractivity contribution in [2.45, 2.75) is 0 Å². The largest absolute Gasteiger partial charge is 0.282 e. The van der Waals surface area contributed by atoms with Crippen LogP contribution in [0.1, 0.15) is 5.56 Å². The van der Waals surface area contributed by atoms with Gasteiger partial charge >= 0.3 is 0 Å². The molecule has 0 saturated heterocycles. The molecular weight excluding hydrogens is 316 g/mol. The molecule has 0 spiro atoms. The molecule has 2 aromatic carbocycles. The van der Waals surface area contributed by atoms with Crippen molar-refractivity contribution in [3.8, 4) is 0 Å². The van der Waals surface area contributed by atoms with Gasteiger partial charge in [-0.3, -0.25) is 20.3 Å². The van der Waals surface area contributed by atoms with E-state index in [1.807, 2.05) is 6.07 Å². The predicted molar refractivity (Wildman–Crippen MR) is 88.0 cm³/mol. The first kappa shape index (κ1) is 14.8. The van der Waals surface area contributed by atoms with Crippen molar-refractivity contribution in [1.82, 2.24) is 4.68 Å². The fraction of sp³-hybridized carbons (Fsp3) is 0. The maximum Gasteiger partial charge on any atom is 0.282 e. The number of benzene rings is 2. The molecule has 0 aliphatic rings. The van der Waals surface area contributed by atoms with E-state index in [0.717, 1.165) is 20.7 Å². The zero-order valence-electron chi connectivity index (χ0n) is 11.7. The third kappa shape index (κ3) is 2.92. The van der Waals surface area contributed by atoms with Crippen LogP contribution in [0.5, 0.6) is 0 Å². The van der Waals surface area contributed by atoms with Gasteiger partial charge in [0.25, 0.3) is 11.2 Å². The zero-order chi connectivity index (χ0) is 16.4. The van der Waals surface area contributed by atoms with Crippen molar-refractivity contribution in [1.29, 1.82) is 5.41 Å². The Kier molecular flexibility index (Phi) is 3.82. The van der Waals surface area contributed by atoms with E-state index >= 15 is 0 Å². The molecule has 114 valence electrons. The Bertz CT molecular complexity index is 1040. The number of hydrogen-bond acceptors (Lipinski definition) is 6. The molecule has 1 heterocycles. The number of nitro benzene ring substituents is 1. The lowest BCUT2D eigenvalue weighted by molar-refractivity contribution is -0.384. The standard InChI is InChI=1S/C15H10N4O3S/c16-15-18(14(20)12-3-1-2-4-13(12)23-15)17-9-10-5-7-11(8-6-10)19(21)22/h1-9,16H/b16-15?,17-9+. The van der Waals surface area contributed by atoms with Gasteiger partial charge in [-0.15, -0.1) is 0 Å². The SMILES string of the molecule is N=c1sc2ccccc2c(=O)n1/N=C/c1ccc([N+](=O)[O-])cc1. The lowest BCUT2D eigenvalue weighted by atomic mass is 10.2. The Morgan fingerprint density at radius 3 is 2.57 bits per heavy atom. The molecule has 0 aliphatic heterocycles. The molecule has 23 heavy (non-hydrogen) atoms. The van der Waals surface area contributed by atoms with Crippen LogP contribution >= 0.6 is 11.3 Å². The molecule has 0 radical (unpaired) electrons. The average Bonchev–Trinajstić information content (AvgIpc) is 2.55. The van der Waals surface area contributed by atoms with E-state index in [9.17, 15) is 14.9 Å². The molecule has 0 atom stereocenters. The fourth-order valence-corrected chi connectivity index (χ4v) is 2.83. The Morgan fingerprint density at radius 1 is 1.17 bits per heavy atom. The highest BCUT2D eigenvalue weighted by Crippen LogP contribution is 2.12. The zero-order valence-corrected chi connectivity index (χ0v) is 12.5. The number of nitro groups is 1. The predicted octanol–water partition coefficient (Wildman–Crippen LogP) is 2.33. The van der Waals surface area contributed by atoms with Crippen LogP contribution in [0.15, 0.2) is 58.4 Å². The topological polar surface area (TPSA) is 101 Å². The molecule has 0 fully saturated rings. The highest BCUT2D eigenvalue weighted by molar-refractivity contribution is 7.15. The minimum Gasteiger partial charge on any atom is -0.273 e. The van der Waals surface area contributed by atoms with Crippen LogP contribution < -0.4 is 10.4 Å². The molecule has 1 N–H and O–H groups in total. The second-order valence-corrected chi connectivity index (χ2v) is 5.64. The maximum atomic E-state index is 12.4. The van der Waals surface area contributed by atoms with Crippen LogP contribution in [-0.2, 0) is 0 Å². The first-order valence-corrected chi connectivity index (χ1v) is 7.36. The van der Waals surface area contributed by atoms with Crippen molar-refractivity contribution in [2.75, 3.05) is 0 Å². The lowest BCUT2D eigenvalue weighted by Gasteiger charge is -2.01. The lowest BCUT2D eigenvalue weighted by Crippen LogP contribution is -2.27. The van der Waals surface area contributed by atoms with Gasteiger partial charge < -0.3 is 0 Å². The molecule has 0 saturated carbocycles. The van der Waals surface area contributed by atoms with E-state index in [0.29, 0.717) is 10.9 Å². The van der Waals surface area contributed by atoms with Crippen LogP contribution in [0, 0.1) is 15.5 Å². The Morgan fingerprint density at radius 2 is 1.87 bits per heavy atom. The smallest absolute Gasteiger partial charge is 0.273 e. The van der Waals surface area contributed by atoms with Crippen molar-refractivity contribution in [3.05, 3.63) is 79.4 Å². The normalized spacial score (nSPS) is 11.1. The minimum absolute atomic E-state index is 0.00635. The first-order chi connectivity index (χ1) is 11.1. The number of non-ortho nitro benzene ring substituents is 1. The van der Waals surface area contributed by atoms with Crippen molar-refractivity contribution in [2.24, 2.45) is 5.10 Å². The summed E-state index contributed by atoms with van der Waals surface area (Å²) < 4.78 is 1.73. The summed E-state index contributed by atoms with van der Waals surface area (Å²) in [5, 5.41) is 23.1. The molecule has 0 unspecified atom stereocenters. The Hall–Kier alpha value is -3.13. The van der Waals surface area contributed by atoms with Crippen LogP contribution in [0.2, 0.25) is 0 Å². The summed E-state index contributed by atoms with van der Waals surface area (Å²) in [5.74, 6) is 0. The van der Waals surface area contributed by atoms with E-state index in [1.165, 1.54) is 30.5 Å². The van der Waals surface area contributed by atoms with Gasteiger partial charge in [0.05, 0.1) is 16.5 Å². The van der Waals surface area contributed by atoms with Crippen molar-refractivity contribution in [3.63, 3.8) is 0 Å². The molecule has 0 amide bonds. The Labute approximate surface area is 133 Å². The second kappa shape index (κ2) is 5.93. The average molecular weight is 326 g/mol. The van der Waals surface area contributed by atoms with Gasteiger partial charge in [-0.1, -0.05) is 23.5 Å². The molecule has 3 aromatic rings. The summed E-state index contributed by atoms with van der Waals surface area (Å²) in [4.78, 5) is 22.5. The molecular formula is C15H10N4O3S. The molecule has 0 bridgehead atoms. The number of nitrogens with one attached hydrogen (secondary N) is 1. The van der Waals surface area contributed by atoms with E-state index in [4.69, 9.17) is 5.41 Å². The van der Waals surface area contributed by atoms with E-state index in [1.54, 1.807) is 18.2 Å². The second-order valence-electron chi connectivity index (χ2n) is 4.61. The van der Waals surface area contributed by atoms with Gasteiger partial charge in [-0.25, -0.2) is 0 Å². The summed E-state index contributed by atoms with van der Waals surface area (Å²) in [6.07, 6.45) is 1.39. The maximum absolute atomic E-state index is 12.4. The number of fused-ring (bicyclic) bond motifs is 1. The highest BCUT2D eigenvalue weighted by atomic mass is 32.1. The summed E-state index contributed by atoms with van der Waals surface area (Å²) in [6, 6.07) is 12.8. The number of rotatable bonds is 3. The van der Waals surface area contributed by atoms with Gasteiger partial charge in [0.1, 0.15) is 0 Å². The van der Waals surface area contributed by atoms with Gasteiger partial charge in [0.15, 0.2) is 0 Å². The molecule has 1 aromatic heterocycles. The molecule has 7 nitrogen and oxygen atoms in total. The van der Waals surface area contributed by atoms with Gasteiger partial charge in [-0.05, 0) is 29.8 Å². The molecule has 0 aliphatic carbocycles. The summed E-state index contributed by atoms with van der Waals surface area (Å²) in [6.45, 7) is 0. The van der Waals surface area contributed by atoms with E-state index in [2.05, 4.69) is 5.10 Å². The van der Waals surface area contributed by atoms with E-state index in [-0.39, 0.29) is 16.0 Å². The fourth-order valence-electron chi connectivity index (χ4n) is 2.00. The van der Waals surface area contributed by atoms with E-state index < -0.39 is 4.92 Å². The number of hydrogen-bond donors (Lipinski definition) is 1. The number of nitrogens with zero attached hydrogens (tertiary/aromatic N) is 3. The summed E-state index contributed by atoms with van der Waals surface area (Å²) in [5.41, 5.74) is 0.205. The third-order valence-electron chi connectivity index (χ3n) is 3.14. The third-order valence-corrected chi connectivity index (χ3v) is 4.08. The van der Waals surface area contributed by atoms with Gasteiger partial charge in [-0.2, -0.15) is 9.78 Å². The van der Waals surface area contributed by atoms with Gasteiger partial charge in [0, 0.05) is 16.8 Å². The van der Waals surface area contributed by atoms with Gasteiger partial charge in [0.2, 0.25) is 4.80 Å². The minimum atomic E-state index is -0.488. The van der Waals surface area contributed by atoms with Crippen LogP contribution in [0.4, 0.5) is 5.69 Å². The van der Waals surface area contributed by atoms with Crippen LogP contribution in [0.3, 0.4) is 0 Å². The number of aromatic nitrogens is 1. The van der Waals surface area contributed by atoms with Crippen molar-refractivity contribution >= 4 is 33.3 Å². The van der Waals surface area contributed by atoms with Crippen LogP contribution in [-0.4, -0.2) is 15.8 Å². The van der Waals surface area contributed by atoms with Crippen molar-refractivity contribution < 1.29 is 4.92 Å². The molecule has 8 heteroatoms. The highest BCUT2D eigenvalue weighted by Gasteiger charge is 2.05. The van der Waals surface area contributed by atoms with Crippen LogP contribution in [0.25, 0.3) is 10.1 Å². The first-order valence-electron chi connectivity index (χ1n) is 6.54. The summed E-state index contributed by atoms with van der Waals surface area (Å²) in [7, 11) is 0. The monoisotopic (exact) mass is 326 g/mol. The molecule has 3 rings (SSSR count). The quantitative estimate of drug-likeness (QED) is 0.454.